The average molecular weight is 366 g/mol. The van der Waals surface area contributed by atoms with Gasteiger partial charge in [-0.2, -0.15) is 4.98 Å². The van der Waals surface area contributed by atoms with Crippen LogP contribution < -0.4 is 10.0 Å². The smallest absolute Gasteiger partial charge is 0.251 e. The molecule has 0 aliphatic heterocycles. The molecule has 1 amide bonds. The molecule has 0 unspecified atom stereocenters. The Morgan fingerprint density at radius 1 is 1.28 bits per heavy atom. The lowest BCUT2D eigenvalue weighted by Gasteiger charge is -2.12. The molecular weight excluding hydrogens is 344 g/mol. The quantitative estimate of drug-likeness (QED) is 0.730. The number of carbonyl (C=O) groups excluding carboxylic acids is 1. The van der Waals surface area contributed by atoms with E-state index in [1.54, 1.807) is 13.8 Å². The number of carbonyl (C=O) groups is 1. The van der Waals surface area contributed by atoms with Crippen LogP contribution in [0, 0.1) is 6.92 Å². The third-order valence-corrected chi connectivity index (χ3v) is 5.20. The second-order valence-electron chi connectivity index (χ2n) is 5.70. The van der Waals surface area contributed by atoms with Crippen LogP contribution in [0.2, 0.25) is 0 Å². The van der Waals surface area contributed by atoms with Crippen molar-refractivity contribution in [2.24, 2.45) is 0 Å². The molecule has 2 N–H and O–H groups in total. The molecule has 0 spiro atoms. The predicted octanol–water partition coefficient (Wildman–Crippen LogP) is 1.43. The van der Waals surface area contributed by atoms with Crippen molar-refractivity contribution in [2.75, 3.05) is 6.54 Å². The molecule has 0 saturated carbocycles. The van der Waals surface area contributed by atoms with E-state index in [4.69, 9.17) is 4.52 Å². The lowest BCUT2D eigenvalue weighted by atomic mass is 10.2. The SMILES string of the molecule is CC[C@H](C)NS(=O)(=O)c1ccc(C(=O)NCCc2nc(C)no2)cc1. The van der Waals surface area contributed by atoms with Gasteiger partial charge < -0.3 is 9.84 Å². The Morgan fingerprint density at radius 3 is 2.52 bits per heavy atom. The minimum atomic E-state index is -3.57. The van der Waals surface area contributed by atoms with Crippen molar-refractivity contribution in [3.63, 3.8) is 0 Å². The van der Waals surface area contributed by atoms with E-state index in [1.807, 2.05) is 6.92 Å². The van der Waals surface area contributed by atoms with Gasteiger partial charge in [0.05, 0.1) is 4.90 Å². The molecule has 25 heavy (non-hydrogen) atoms. The monoisotopic (exact) mass is 366 g/mol. The van der Waals surface area contributed by atoms with Crippen LogP contribution in [-0.2, 0) is 16.4 Å². The normalized spacial score (nSPS) is 12.8. The van der Waals surface area contributed by atoms with E-state index in [1.165, 1.54) is 24.3 Å². The molecule has 1 heterocycles. The van der Waals surface area contributed by atoms with Crippen LogP contribution >= 0.6 is 0 Å². The van der Waals surface area contributed by atoms with Crippen LogP contribution in [0.25, 0.3) is 0 Å². The summed E-state index contributed by atoms with van der Waals surface area (Å²) in [6.45, 7) is 5.76. The molecule has 9 heteroatoms. The summed E-state index contributed by atoms with van der Waals surface area (Å²) >= 11 is 0. The Bertz CT molecular complexity index is 815. The topological polar surface area (TPSA) is 114 Å². The van der Waals surface area contributed by atoms with Crippen molar-refractivity contribution < 1.29 is 17.7 Å². The van der Waals surface area contributed by atoms with Gasteiger partial charge >= 0.3 is 0 Å². The second-order valence-corrected chi connectivity index (χ2v) is 7.41. The van der Waals surface area contributed by atoms with Crippen LogP contribution in [0.15, 0.2) is 33.7 Å². The van der Waals surface area contributed by atoms with Gasteiger partial charge in [-0.3, -0.25) is 4.79 Å². The number of nitrogens with one attached hydrogen (secondary N) is 2. The van der Waals surface area contributed by atoms with E-state index >= 15 is 0 Å². The standard InChI is InChI=1S/C16H22N4O4S/c1-4-11(2)20-25(22,23)14-7-5-13(6-8-14)16(21)17-10-9-15-18-12(3)19-24-15/h5-8,11,20H,4,9-10H2,1-3H3,(H,17,21)/t11-/m0/s1. The summed E-state index contributed by atoms with van der Waals surface area (Å²) in [5, 5.41) is 6.39. The molecule has 2 rings (SSSR count). The third-order valence-electron chi connectivity index (χ3n) is 3.59. The fraction of sp³-hybridized carbons (Fsp3) is 0.438. The Hall–Kier alpha value is -2.26. The van der Waals surface area contributed by atoms with Gasteiger partial charge in [0.2, 0.25) is 15.9 Å². The van der Waals surface area contributed by atoms with Crippen molar-refractivity contribution in [3.8, 4) is 0 Å². The number of nitrogens with zero attached hydrogens (tertiary/aromatic N) is 2. The lowest BCUT2D eigenvalue weighted by molar-refractivity contribution is 0.0953. The van der Waals surface area contributed by atoms with Crippen LogP contribution in [0.4, 0.5) is 0 Å². The molecule has 1 atom stereocenters. The third kappa shape index (κ3) is 5.36. The molecule has 0 aliphatic carbocycles. The maximum atomic E-state index is 12.2. The molecular formula is C16H22N4O4S. The maximum absolute atomic E-state index is 12.2. The van der Waals surface area contributed by atoms with Crippen LogP contribution in [0.5, 0.6) is 0 Å². The first kappa shape index (κ1) is 19.1. The van der Waals surface area contributed by atoms with Gasteiger partial charge in [-0.15, -0.1) is 0 Å². The highest BCUT2D eigenvalue weighted by molar-refractivity contribution is 7.89. The van der Waals surface area contributed by atoms with Crippen LogP contribution in [0.1, 0.15) is 42.3 Å². The molecule has 2 aromatic rings. The predicted molar refractivity (Wildman–Crippen MR) is 91.6 cm³/mol. The van der Waals surface area contributed by atoms with Crippen LogP contribution in [-0.4, -0.2) is 37.1 Å². The molecule has 0 saturated heterocycles. The molecule has 0 radical (unpaired) electrons. The van der Waals surface area contributed by atoms with Crippen molar-refractivity contribution >= 4 is 15.9 Å². The summed E-state index contributed by atoms with van der Waals surface area (Å²) in [6, 6.07) is 5.65. The molecule has 136 valence electrons. The largest absolute Gasteiger partial charge is 0.352 e. The van der Waals surface area contributed by atoms with Gasteiger partial charge in [-0.1, -0.05) is 12.1 Å². The summed E-state index contributed by atoms with van der Waals surface area (Å²) in [7, 11) is -3.57. The molecule has 1 aromatic heterocycles. The van der Waals surface area contributed by atoms with E-state index in [-0.39, 0.29) is 16.8 Å². The number of hydrogen-bond donors (Lipinski definition) is 2. The zero-order chi connectivity index (χ0) is 18.4. The Morgan fingerprint density at radius 2 is 1.96 bits per heavy atom. The summed E-state index contributed by atoms with van der Waals surface area (Å²) in [5.41, 5.74) is 0.379. The molecule has 0 aliphatic rings. The Balaban J connectivity index is 1.93. The zero-order valence-electron chi connectivity index (χ0n) is 14.4. The lowest BCUT2D eigenvalue weighted by Crippen LogP contribution is -2.32. The fourth-order valence-electron chi connectivity index (χ4n) is 2.03. The summed E-state index contributed by atoms with van der Waals surface area (Å²) < 4.78 is 31.9. The number of benzene rings is 1. The summed E-state index contributed by atoms with van der Waals surface area (Å²) in [4.78, 5) is 16.3. The molecule has 8 nitrogen and oxygen atoms in total. The van der Waals surface area contributed by atoms with Crippen LogP contribution in [0.3, 0.4) is 0 Å². The summed E-state index contributed by atoms with van der Waals surface area (Å²) in [5.74, 6) is 0.703. The minimum absolute atomic E-state index is 0.130. The van der Waals surface area contributed by atoms with Crippen molar-refractivity contribution in [3.05, 3.63) is 41.5 Å². The number of amides is 1. The second kappa shape index (κ2) is 8.21. The number of aryl methyl sites for hydroxylation is 1. The van der Waals surface area contributed by atoms with Gasteiger partial charge in [0.1, 0.15) is 0 Å². The Kier molecular flexibility index (Phi) is 6.27. The maximum Gasteiger partial charge on any atom is 0.251 e. The first-order valence-electron chi connectivity index (χ1n) is 8.01. The van der Waals surface area contributed by atoms with E-state index in [0.29, 0.717) is 36.7 Å². The van der Waals surface area contributed by atoms with Gasteiger partial charge in [-0.05, 0) is 44.5 Å². The highest BCUT2D eigenvalue weighted by Gasteiger charge is 2.17. The number of rotatable bonds is 8. The van der Waals surface area contributed by atoms with E-state index in [9.17, 15) is 13.2 Å². The highest BCUT2D eigenvalue weighted by Crippen LogP contribution is 2.12. The first-order valence-corrected chi connectivity index (χ1v) is 9.50. The van der Waals surface area contributed by atoms with Crippen molar-refractivity contribution in [2.45, 2.75) is 44.6 Å². The molecule has 1 aromatic carbocycles. The first-order chi connectivity index (χ1) is 11.8. The van der Waals surface area contributed by atoms with Crippen molar-refractivity contribution in [1.29, 1.82) is 0 Å². The van der Waals surface area contributed by atoms with Gasteiger partial charge in [0.25, 0.3) is 5.91 Å². The van der Waals surface area contributed by atoms with Gasteiger partial charge in [0.15, 0.2) is 5.82 Å². The van der Waals surface area contributed by atoms with E-state index < -0.39 is 10.0 Å². The van der Waals surface area contributed by atoms with Gasteiger partial charge in [-0.25, -0.2) is 13.1 Å². The summed E-state index contributed by atoms with van der Waals surface area (Å²) in [6.07, 6.45) is 1.12. The van der Waals surface area contributed by atoms with Crippen molar-refractivity contribution in [1.82, 2.24) is 20.2 Å². The Labute approximate surface area is 147 Å². The number of sulfonamides is 1. The average Bonchev–Trinajstić information content (AvgIpc) is 2.99. The number of hydrogen-bond acceptors (Lipinski definition) is 6. The van der Waals surface area contributed by atoms with Gasteiger partial charge in [0, 0.05) is 24.6 Å². The highest BCUT2D eigenvalue weighted by atomic mass is 32.2. The zero-order valence-corrected chi connectivity index (χ0v) is 15.3. The minimum Gasteiger partial charge on any atom is -0.352 e. The van der Waals surface area contributed by atoms with E-state index in [2.05, 4.69) is 20.2 Å². The van der Waals surface area contributed by atoms with E-state index in [0.717, 1.165) is 0 Å². The fourth-order valence-corrected chi connectivity index (χ4v) is 3.36. The molecule has 0 bridgehead atoms. The molecule has 0 fully saturated rings. The number of aromatic nitrogens is 2.